The Bertz CT molecular complexity index is 887. The highest BCUT2D eigenvalue weighted by Gasteiger charge is 2.16. The number of aryl methyl sites for hydroxylation is 1. The zero-order valence-electron chi connectivity index (χ0n) is 12.8. The van der Waals surface area contributed by atoms with Crippen molar-refractivity contribution in [3.05, 3.63) is 46.9 Å². The van der Waals surface area contributed by atoms with E-state index < -0.39 is 28.3 Å². The Hall–Kier alpha value is -2.32. The normalized spacial score (nSPS) is 11.1. The van der Waals surface area contributed by atoms with E-state index in [1.807, 2.05) is 0 Å². The van der Waals surface area contributed by atoms with Crippen molar-refractivity contribution in [1.29, 1.82) is 0 Å². The molecule has 1 aromatic carbocycles. The molecule has 0 spiro atoms. The van der Waals surface area contributed by atoms with Gasteiger partial charge in [0.1, 0.15) is 5.76 Å². The molecule has 7 nitrogen and oxygen atoms in total. The number of anilines is 1. The number of carbonyl (C=O) groups excluding carboxylic acids is 2. The Labute approximate surface area is 143 Å². The van der Waals surface area contributed by atoms with Crippen LogP contribution in [-0.4, -0.2) is 33.2 Å². The van der Waals surface area contributed by atoms with Gasteiger partial charge in [-0.3, -0.25) is 4.79 Å². The molecular weight excluding hydrogens is 358 g/mol. The lowest BCUT2D eigenvalue weighted by atomic mass is 10.3. The standard InChI is InChI=1S/C15H14ClNO6S/c1-9-3-6-13(23-9)15(19)22-8-14(18)17-12-7-10(24(2,20)21)4-5-11(12)16/h3-7H,8H2,1-2H3,(H,17,18). The number of nitrogens with one attached hydrogen (secondary N) is 1. The summed E-state index contributed by atoms with van der Waals surface area (Å²) in [5.74, 6) is -0.929. The van der Waals surface area contributed by atoms with Crippen LogP contribution in [0.3, 0.4) is 0 Å². The molecule has 0 fully saturated rings. The number of hydrogen-bond donors (Lipinski definition) is 1. The van der Waals surface area contributed by atoms with Crippen molar-refractivity contribution in [2.75, 3.05) is 18.2 Å². The summed E-state index contributed by atoms with van der Waals surface area (Å²) in [5.41, 5.74) is 0.106. The second kappa shape index (κ2) is 7.06. The smallest absolute Gasteiger partial charge is 0.374 e. The fourth-order valence-electron chi connectivity index (χ4n) is 1.76. The van der Waals surface area contributed by atoms with Crippen molar-refractivity contribution in [2.45, 2.75) is 11.8 Å². The van der Waals surface area contributed by atoms with Crippen LogP contribution in [0.1, 0.15) is 16.3 Å². The molecule has 1 heterocycles. The zero-order valence-corrected chi connectivity index (χ0v) is 14.4. The van der Waals surface area contributed by atoms with E-state index in [9.17, 15) is 18.0 Å². The van der Waals surface area contributed by atoms with E-state index in [2.05, 4.69) is 5.32 Å². The number of carbonyl (C=O) groups is 2. The molecule has 1 N–H and O–H groups in total. The zero-order chi connectivity index (χ0) is 17.9. The van der Waals surface area contributed by atoms with Crippen molar-refractivity contribution >= 4 is 39.0 Å². The van der Waals surface area contributed by atoms with Crippen LogP contribution < -0.4 is 5.32 Å². The Kier molecular flexibility index (Phi) is 5.30. The van der Waals surface area contributed by atoms with Gasteiger partial charge in [0.25, 0.3) is 5.91 Å². The maximum Gasteiger partial charge on any atom is 0.374 e. The average Bonchev–Trinajstić information content (AvgIpc) is 2.92. The molecule has 0 aliphatic carbocycles. The second-order valence-corrected chi connectivity index (χ2v) is 7.37. The van der Waals surface area contributed by atoms with E-state index in [1.165, 1.54) is 24.3 Å². The third-order valence-corrected chi connectivity index (χ3v) is 4.36. The molecule has 24 heavy (non-hydrogen) atoms. The predicted octanol–water partition coefficient (Wildman–Crippen LogP) is 2.44. The van der Waals surface area contributed by atoms with Gasteiger partial charge in [0.05, 0.1) is 15.6 Å². The molecular formula is C15H14ClNO6S. The number of benzene rings is 1. The minimum absolute atomic E-state index is 0.00487. The monoisotopic (exact) mass is 371 g/mol. The summed E-state index contributed by atoms with van der Waals surface area (Å²) in [7, 11) is -3.45. The van der Waals surface area contributed by atoms with Crippen molar-refractivity contribution in [1.82, 2.24) is 0 Å². The summed E-state index contributed by atoms with van der Waals surface area (Å²) in [5, 5.41) is 2.55. The van der Waals surface area contributed by atoms with Crippen molar-refractivity contribution < 1.29 is 27.2 Å². The van der Waals surface area contributed by atoms with Crippen LogP contribution in [0.2, 0.25) is 5.02 Å². The largest absolute Gasteiger partial charge is 0.454 e. The lowest BCUT2D eigenvalue weighted by Crippen LogP contribution is -2.21. The summed E-state index contributed by atoms with van der Waals surface area (Å²) >= 11 is 5.92. The van der Waals surface area contributed by atoms with Gasteiger partial charge < -0.3 is 14.5 Å². The lowest BCUT2D eigenvalue weighted by Gasteiger charge is -2.09. The third kappa shape index (κ3) is 4.59. The van der Waals surface area contributed by atoms with Crippen molar-refractivity contribution in [3.63, 3.8) is 0 Å². The van der Waals surface area contributed by atoms with Gasteiger partial charge in [0.15, 0.2) is 16.4 Å². The van der Waals surface area contributed by atoms with Gasteiger partial charge in [0.2, 0.25) is 5.76 Å². The van der Waals surface area contributed by atoms with Gasteiger partial charge in [-0.25, -0.2) is 13.2 Å². The maximum atomic E-state index is 11.8. The molecule has 0 saturated carbocycles. The van der Waals surface area contributed by atoms with E-state index in [-0.39, 0.29) is 21.4 Å². The quantitative estimate of drug-likeness (QED) is 0.810. The number of hydrogen-bond acceptors (Lipinski definition) is 6. The molecule has 0 bridgehead atoms. The van der Waals surface area contributed by atoms with Crippen LogP contribution in [0.4, 0.5) is 5.69 Å². The molecule has 9 heteroatoms. The topological polar surface area (TPSA) is 103 Å². The number of esters is 1. The van der Waals surface area contributed by atoms with E-state index in [0.29, 0.717) is 5.76 Å². The lowest BCUT2D eigenvalue weighted by molar-refractivity contribution is -0.119. The maximum absolute atomic E-state index is 11.8. The Morgan fingerprint density at radius 3 is 2.54 bits per heavy atom. The highest BCUT2D eigenvalue weighted by Crippen LogP contribution is 2.25. The summed E-state index contributed by atoms with van der Waals surface area (Å²) in [6, 6.07) is 6.93. The van der Waals surface area contributed by atoms with Crippen molar-refractivity contribution in [2.24, 2.45) is 0 Å². The predicted molar refractivity (Wildman–Crippen MR) is 86.9 cm³/mol. The van der Waals surface area contributed by atoms with Gasteiger partial charge in [-0.1, -0.05) is 11.6 Å². The van der Waals surface area contributed by atoms with E-state index in [4.69, 9.17) is 20.8 Å². The fourth-order valence-corrected chi connectivity index (χ4v) is 2.58. The Balaban J connectivity index is 2.01. The minimum atomic E-state index is -3.45. The molecule has 0 aliphatic rings. The number of sulfone groups is 1. The van der Waals surface area contributed by atoms with Gasteiger partial charge in [-0.2, -0.15) is 0 Å². The highest BCUT2D eigenvalue weighted by molar-refractivity contribution is 7.90. The molecule has 0 unspecified atom stereocenters. The molecule has 0 saturated heterocycles. The molecule has 0 aliphatic heterocycles. The molecule has 1 aromatic heterocycles. The van der Waals surface area contributed by atoms with Crippen LogP contribution in [0.5, 0.6) is 0 Å². The number of amides is 1. The van der Waals surface area contributed by atoms with Crippen LogP contribution in [-0.2, 0) is 19.4 Å². The fraction of sp³-hybridized carbons (Fsp3) is 0.200. The molecule has 2 aromatic rings. The molecule has 128 valence electrons. The first kappa shape index (κ1) is 18.0. The first-order chi connectivity index (χ1) is 11.2. The van der Waals surface area contributed by atoms with E-state index in [1.54, 1.807) is 13.0 Å². The first-order valence-corrected chi connectivity index (χ1v) is 8.97. The molecule has 2 rings (SSSR count). The number of halogens is 1. The van der Waals surface area contributed by atoms with Crippen LogP contribution in [0.25, 0.3) is 0 Å². The molecule has 0 radical (unpaired) electrons. The van der Waals surface area contributed by atoms with Gasteiger partial charge in [-0.05, 0) is 37.3 Å². The van der Waals surface area contributed by atoms with Gasteiger partial charge in [-0.15, -0.1) is 0 Å². The SMILES string of the molecule is Cc1ccc(C(=O)OCC(=O)Nc2cc(S(C)(=O)=O)ccc2Cl)o1. The summed E-state index contributed by atoms with van der Waals surface area (Å²) in [4.78, 5) is 23.5. The van der Waals surface area contributed by atoms with Gasteiger partial charge >= 0.3 is 5.97 Å². The van der Waals surface area contributed by atoms with E-state index >= 15 is 0 Å². The van der Waals surface area contributed by atoms with Crippen molar-refractivity contribution in [3.8, 4) is 0 Å². The first-order valence-electron chi connectivity index (χ1n) is 6.70. The number of rotatable bonds is 5. The van der Waals surface area contributed by atoms with Gasteiger partial charge in [0, 0.05) is 6.26 Å². The minimum Gasteiger partial charge on any atom is -0.454 e. The van der Waals surface area contributed by atoms with Crippen LogP contribution >= 0.6 is 11.6 Å². The summed E-state index contributed by atoms with van der Waals surface area (Å²) < 4.78 is 32.9. The highest BCUT2D eigenvalue weighted by atomic mass is 35.5. The summed E-state index contributed by atoms with van der Waals surface area (Å²) in [6.45, 7) is 1.10. The molecule has 0 atom stereocenters. The van der Waals surface area contributed by atoms with Crippen LogP contribution in [0, 0.1) is 6.92 Å². The second-order valence-electron chi connectivity index (χ2n) is 4.95. The Morgan fingerprint density at radius 1 is 1.25 bits per heavy atom. The Morgan fingerprint density at radius 2 is 1.96 bits per heavy atom. The van der Waals surface area contributed by atoms with Crippen LogP contribution in [0.15, 0.2) is 39.6 Å². The van der Waals surface area contributed by atoms with E-state index in [0.717, 1.165) is 6.26 Å². The molecule has 1 amide bonds. The number of furan rings is 1. The third-order valence-electron chi connectivity index (χ3n) is 2.92. The summed E-state index contributed by atoms with van der Waals surface area (Å²) in [6.07, 6.45) is 1.04. The number of ether oxygens (including phenoxy) is 1. The average molecular weight is 372 g/mol.